The minimum Gasteiger partial charge on any atom is -0.494 e. The lowest BCUT2D eigenvalue weighted by atomic mass is 10.1. The van der Waals surface area contributed by atoms with E-state index in [-0.39, 0.29) is 16.3 Å². The molecule has 0 N–H and O–H groups in total. The molecule has 30 heavy (non-hydrogen) atoms. The summed E-state index contributed by atoms with van der Waals surface area (Å²) in [5.74, 6) is 0.201. The number of hydrogen-bond acceptors (Lipinski definition) is 7. The van der Waals surface area contributed by atoms with Gasteiger partial charge in [0.15, 0.2) is 5.13 Å². The van der Waals surface area contributed by atoms with Crippen LogP contribution in [0.2, 0.25) is 5.02 Å². The highest BCUT2D eigenvalue weighted by Crippen LogP contribution is 2.33. The first-order valence-corrected chi connectivity index (χ1v) is 10.4. The third-order valence-corrected chi connectivity index (χ3v) is 5.57. The van der Waals surface area contributed by atoms with Gasteiger partial charge in [-0.1, -0.05) is 22.9 Å². The van der Waals surface area contributed by atoms with Crippen LogP contribution >= 0.6 is 22.9 Å². The molecule has 158 valence electrons. The zero-order valence-corrected chi connectivity index (χ0v) is 18.4. The number of aromatic nitrogens is 1. The number of fused-ring (bicyclic) bond motifs is 1. The van der Waals surface area contributed by atoms with E-state index < -0.39 is 10.8 Å². The Morgan fingerprint density at radius 2 is 2.00 bits per heavy atom. The Kier molecular flexibility index (Phi) is 6.86. The average molecular weight is 449 g/mol. The van der Waals surface area contributed by atoms with Gasteiger partial charge in [-0.2, -0.15) is 0 Å². The topological polar surface area (TPSA) is 88.8 Å². The van der Waals surface area contributed by atoms with Gasteiger partial charge in [-0.25, -0.2) is 4.98 Å². The maximum Gasteiger partial charge on any atom is 0.282 e. The van der Waals surface area contributed by atoms with Crippen LogP contribution < -0.4 is 9.64 Å². The molecule has 0 saturated carbocycles. The van der Waals surface area contributed by atoms with Crippen LogP contribution in [0.3, 0.4) is 0 Å². The Morgan fingerprint density at radius 1 is 1.23 bits per heavy atom. The zero-order valence-electron chi connectivity index (χ0n) is 16.8. The van der Waals surface area contributed by atoms with Crippen molar-refractivity contribution in [2.75, 3.05) is 38.7 Å². The molecule has 0 saturated heterocycles. The highest BCUT2D eigenvalue weighted by atomic mass is 35.5. The third-order valence-electron chi connectivity index (χ3n) is 4.29. The van der Waals surface area contributed by atoms with Gasteiger partial charge in [0.2, 0.25) is 0 Å². The summed E-state index contributed by atoms with van der Waals surface area (Å²) in [5.41, 5.74) is 0.362. The lowest BCUT2D eigenvalue weighted by Crippen LogP contribution is -2.37. The van der Waals surface area contributed by atoms with Gasteiger partial charge in [0.05, 0.1) is 21.7 Å². The van der Waals surface area contributed by atoms with Gasteiger partial charge in [0.25, 0.3) is 11.6 Å². The van der Waals surface area contributed by atoms with Crippen LogP contribution in [0.5, 0.6) is 5.75 Å². The van der Waals surface area contributed by atoms with Crippen molar-refractivity contribution in [3.63, 3.8) is 0 Å². The molecule has 0 atom stereocenters. The Labute approximate surface area is 182 Å². The first kappa shape index (κ1) is 21.9. The fourth-order valence-electron chi connectivity index (χ4n) is 2.83. The Balaban J connectivity index is 2.05. The lowest BCUT2D eigenvalue weighted by Gasteiger charge is -2.22. The van der Waals surface area contributed by atoms with Crippen LogP contribution in [-0.2, 0) is 0 Å². The molecule has 10 heteroatoms. The van der Waals surface area contributed by atoms with E-state index in [1.165, 1.54) is 34.4 Å². The number of anilines is 1. The summed E-state index contributed by atoms with van der Waals surface area (Å²) in [6.07, 6.45) is 0. The van der Waals surface area contributed by atoms with E-state index in [0.717, 1.165) is 16.0 Å². The highest BCUT2D eigenvalue weighted by Gasteiger charge is 2.28. The van der Waals surface area contributed by atoms with Crippen molar-refractivity contribution in [3.05, 3.63) is 57.1 Å². The molecule has 0 aliphatic rings. The molecule has 1 amide bonds. The molecule has 0 unspecified atom stereocenters. The molecule has 3 rings (SSSR count). The maximum atomic E-state index is 13.4. The van der Waals surface area contributed by atoms with Gasteiger partial charge in [-0.3, -0.25) is 19.8 Å². The van der Waals surface area contributed by atoms with E-state index in [1.54, 1.807) is 0 Å². The summed E-state index contributed by atoms with van der Waals surface area (Å²) in [4.78, 5) is 32.2. The van der Waals surface area contributed by atoms with E-state index in [4.69, 9.17) is 16.3 Å². The number of thiazole rings is 1. The number of carbonyl (C=O) groups is 1. The quantitative estimate of drug-likeness (QED) is 0.373. The average Bonchev–Trinajstić information content (AvgIpc) is 3.10. The van der Waals surface area contributed by atoms with Gasteiger partial charge in [0.1, 0.15) is 11.3 Å². The third kappa shape index (κ3) is 4.86. The van der Waals surface area contributed by atoms with Crippen LogP contribution in [0.4, 0.5) is 10.8 Å². The molecule has 1 heterocycles. The summed E-state index contributed by atoms with van der Waals surface area (Å²) in [6.45, 7) is 3.32. The van der Waals surface area contributed by atoms with E-state index >= 15 is 0 Å². The Bertz CT molecular complexity index is 1090. The smallest absolute Gasteiger partial charge is 0.282 e. The molecule has 0 spiro atoms. The number of hydrogen-bond donors (Lipinski definition) is 0. The number of nitrogens with zero attached hydrogens (tertiary/aromatic N) is 4. The molecule has 2 aromatic carbocycles. The molecule has 8 nitrogen and oxygen atoms in total. The number of carbonyl (C=O) groups excluding carboxylic acids is 1. The van der Waals surface area contributed by atoms with Crippen LogP contribution in [0, 0.1) is 10.1 Å². The Hall–Kier alpha value is -2.75. The number of benzene rings is 2. The van der Waals surface area contributed by atoms with Crippen LogP contribution in [-0.4, -0.2) is 54.5 Å². The Morgan fingerprint density at radius 3 is 2.67 bits per heavy atom. The maximum absolute atomic E-state index is 13.4. The summed E-state index contributed by atoms with van der Waals surface area (Å²) in [7, 11) is 3.77. The molecule has 1 aromatic heterocycles. The molecular formula is C20H21ClN4O4S. The van der Waals surface area contributed by atoms with E-state index in [9.17, 15) is 14.9 Å². The summed E-state index contributed by atoms with van der Waals surface area (Å²) in [5, 5.41) is 12.2. The normalized spacial score (nSPS) is 11.1. The zero-order chi connectivity index (χ0) is 21.8. The first-order chi connectivity index (χ1) is 14.3. The van der Waals surface area contributed by atoms with Crippen molar-refractivity contribution in [2.45, 2.75) is 6.92 Å². The molecule has 3 aromatic rings. The van der Waals surface area contributed by atoms with Crippen LogP contribution in [0.15, 0.2) is 36.4 Å². The predicted octanol–water partition coefficient (Wildman–Crippen LogP) is 4.47. The minimum absolute atomic E-state index is 0.0690. The number of ether oxygens (including phenoxy) is 1. The molecule has 0 bridgehead atoms. The van der Waals surface area contributed by atoms with E-state index in [1.807, 2.05) is 44.1 Å². The van der Waals surface area contributed by atoms with Gasteiger partial charge >= 0.3 is 0 Å². The van der Waals surface area contributed by atoms with Crippen molar-refractivity contribution >= 4 is 49.9 Å². The number of nitro benzene ring substituents is 1. The van der Waals surface area contributed by atoms with E-state index in [2.05, 4.69) is 4.98 Å². The van der Waals surface area contributed by atoms with Crippen LogP contribution in [0.25, 0.3) is 10.2 Å². The van der Waals surface area contributed by atoms with Crippen molar-refractivity contribution in [2.24, 2.45) is 0 Å². The molecule has 0 fully saturated rings. The van der Waals surface area contributed by atoms with Gasteiger partial charge in [-0.05, 0) is 51.4 Å². The lowest BCUT2D eigenvalue weighted by molar-refractivity contribution is -0.385. The summed E-state index contributed by atoms with van der Waals surface area (Å²) in [6, 6.07) is 9.49. The number of nitro groups is 1. The summed E-state index contributed by atoms with van der Waals surface area (Å²) < 4.78 is 6.40. The summed E-state index contributed by atoms with van der Waals surface area (Å²) >= 11 is 7.36. The largest absolute Gasteiger partial charge is 0.494 e. The highest BCUT2D eigenvalue weighted by molar-refractivity contribution is 7.22. The fraction of sp³-hybridized carbons (Fsp3) is 0.300. The molecule has 0 radical (unpaired) electrons. The number of rotatable bonds is 8. The van der Waals surface area contributed by atoms with Gasteiger partial charge in [-0.15, -0.1) is 0 Å². The van der Waals surface area contributed by atoms with E-state index in [0.29, 0.717) is 24.8 Å². The number of halogens is 1. The second kappa shape index (κ2) is 9.38. The number of likely N-dealkylation sites (N-methyl/N-ethyl adjacent to an activating group) is 1. The fourth-order valence-corrected chi connectivity index (χ4v) is 4.02. The van der Waals surface area contributed by atoms with Crippen molar-refractivity contribution in [3.8, 4) is 5.75 Å². The standard InChI is InChI=1S/C20H21ClN4O4S/c1-4-29-14-6-7-16-18(12-14)30-20(22-16)24(10-9-23(2)3)19(26)15-11-13(21)5-8-17(15)25(27)28/h5-8,11-12H,4,9-10H2,1-3H3. The predicted molar refractivity (Wildman–Crippen MR) is 119 cm³/mol. The van der Waals surface area contributed by atoms with Crippen molar-refractivity contribution in [1.29, 1.82) is 0 Å². The molecular weight excluding hydrogens is 428 g/mol. The van der Waals surface area contributed by atoms with Crippen molar-refractivity contribution in [1.82, 2.24) is 9.88 Å². The SMILES string of the molecule is CCOc1ccc2nc(N(CCN(C)C)C(=O)c3cc(Cl)ccc3[N+](=O)[O-])sc2c1. The van der Waals surface area contributed by atoms with Gasteiger partial charge in [0, 0.05) is 24.2 Å². The first-order valence-electron chi connectivity index (χ1n) is 9.24. The molecule has 0 aliphatic carbocycles. The number of amides is 1. The second-order valence-electron chi connectivity index (χ2n) is 6.74. The van der Waals surface area contributed by atoms with Crippen LogP contribution in [0.1, 0.15) is 17.3 Å². The monoisotopic (exact) mass is 448 g/mol. The van der Waals surface area contributed by atoms with Crippen molar-refractivity contribution < 1.29 is 14.5 Å². The minimum atomic E-state index is -0.583. The second-order valence-corrected chi connectivity index (χ2v) is 8.18. The van der Waals surface area contributed by atoms with Gasteiger partial charge < -0.3 is 9.64 Å². The molecule has 0 aliphatic heterocycles.